The molecule has 0 aliphatic carbocycles. The standard InChI is InChI=1S/C8H14N4/c1-6-3-2-4-12(6)8-7(9)10-5-11-8/h5-6H,2-4,9H2,1H3,(H,10,11). The van der Waals surface area contributed by atoms with Crippen LogP contribution in [0, 0.1) is 0 Å². The summed E-state index contributed by atoms with van der Waals surface area (Å²) in [4.78, 5) is 9.34. The first-order valence-corrected chi connectivity index (χ1v) is 4.34. The SMILES string of the molecule is CC1CCCN1c1nc[nH]c1N. The van der Waals surface area contributed by atoms with Gasteiger partial charge in [-0.05, 0) is 19.8 Å². The Morgan fingerprint density at radius 1 is 1.75 bits per heavy atom. The van der Waals surface area contributed by atoms with Crippen LogP contribution in [0.3, 0.4) is 0 Å². The molecular formula is C8H14N4. The van der Waals surface area contributed by atoms with Gasteiger partial charge in [0, 0.05) is 12.6 Å². The summed E-state index contributed by atoms with van der Waals surface area (Å²) in [5.74, 6) is 1.60. The Balaban J connectivity index is 2.24. The number of nitrogens with one attached hydrogen (secondary N) is 1. The fraction of sp³-hybridized carbons (Fsp3) is 0.625. The third-order valence-electron chi connectivity index (χ3n) is 2.47. The molecule has 1 aliphatic rings. The van der Waals surface area contributed by atoms with Crippen LogP contribution < -0.4 is 10.6 Å². The van der Waals surface area contributed by atoms with E-state index in [2.05, 4.69) is 21.8 Å². The average Bonchev–Trinajstić information content (AvgIpc) is 2.59. The molecule has 1 fully saturated rings. The van der Waals surface area contributed by atoms with Crippen molar-refractivity contribution < 1.29 is 0 Å². The number of rotatable bonds is 1. The number of hydrogen-bond acceptors (Lipinski definition) is 3. The van der Waals surface area contributed by atoms with Crippen molar-refractivity contribution in [2.24, 2.45) is 0 Å². The van der Waals surface area contributed by atoms with Gasteiger partial charge in [0.05, 0.1) is 6.33 Å². The van der Waals surface area contributed by atoms with Crippen LogP contribution in [0.5, 0.6) is 0 Å². The number of anilines is 2. The highest BCUT2D eigenvalue weighted by Gasteiger charge is 2.23. The van der Waals surface area contributed by atoms with Gasteiger partial charge in [-0.1, -0.05) is 0 Å². The normalized spacial score (nSPS) is 23.4. The summed E-state index contributed by atoms with van der Waals surface area (Å²) in [6.07, 6.45) is 4.13. The third kappa shape index (κ3) is 1.03. The summed E-state index contributed by atoms with van der Waals surface area (Å²) in [5, 5.41) is 0. The molecule has 4 nitrogen and oxygen atoms in total. The molecule has 1 aromatic heterocycles. The Morgan fingerprint density at radius 2 is 2.58 bits per heavy atom. The van der Waals surface area contributed by atoms with Gasteiger partial charge in [0.1, 0.15) is 5.82 Å². The first-order chi connectivity index (χ1) is 5.79. The molecule has 66 valence electrons. The fourth-order valence-electron chi connectivity index (χ4n) is 1.77. The number of aromatic amines is 1. The van der Waals surface area contributed by atoms with Crippen LogP contribution in [0.1, 0.15) is 19.8 Å². The minimum absolute atomic E-state index is 0.579. The second-order valence-corrected chi connectivity index (χ2v) is 3.32. The highest BCUT2D eigenvalue weighted by atomic mass is 15.3. The largest absolute Gasteiger partial charge is 0.382 e. The van der Waals surface area contributed by atoms with Crippen molar-refractivity contribution in [3.8, 4) is 0 Å². The number of hydrogen-bond donors (Lipinski definition) is 2. The maximum atomic E-state index is 5.72. The molecule has 0 aromatic carbocycles. The van der Waals surface area contributed by atoms with Gasteiger partial charge in [-0.15, -0.1) is 0 Å². The number of imidazole rings is 1. The van der Waals surface area contributed by atoms with Crippen molar-refractivity contribution in [1.82, 2.24) is 9.97 Å². The van der Waals surface area contributed by atoms with Gasteiger partial charge in [0.25, 0.3) is 0 Å². The lowest BCUT2D eigenvalue weighted by Gasteiger charge is -2.21. The van der Waals surface area contributed by atoms with Crippen molar-refractivity contribution in [2.75, 3.05) is 17.2 Å². The van der Waals surface area contributed by atoms with E-state index in [9.17, 15) is 0 Å². The fourth-order valence-corrected chi connectivity index (χ4v) is 1.77. The van der Waals surface area contributed by atoms with Gasteiger partial charge in [0.15, 0.2) is 5.82 Å². The number of aromatic nitrogens is 2. The van der Waals surface area contributed by atoms with E-state index in [0.29, 0.717) is 11.9 Å². The second kappa shape index (κ2) is 2.69. The summed E-state index contributed by atoms with van der Waals surface area (Å²) in [6.45, 7) is 3.29. The zero-order valence-electron chi connectivity index (χ0n) is 7.25. The van der Waals surface area contributed by atoms with Gasteiger partial charge >= 0.3 is 0 Å². The smallest absolute Gasteiger partial charge is 0.171 e. The van der Waals surface area contributed by atoms with Gasteiger partial charge in [-0.25, -0.2) is 4.98 Å². The lowest BCUT2D eigenvalue weighted by atomic mass is 10.2. The van der Waals surface area contributed by atoms with E-state index in [1.807, 2.05) is 0 Å². The summed E-state index contributed by atoms with van der Waals surface area (Å²) >= 11 is 0. The number of nitrogen functional groups attached to an aromatic ring is 1. The maximum Gasteiger partial charge on any atom is 0.171 e. The molecule has 2 heterocycles. The van der Waals surface area contributed by atoms with Crippen LogP contribution in [0.2, 0.25) is 0 Å². The highest BCUT2D eigenvalue weighted by molar-refractivity contribution is 5.58. The van der Waals surface area contributed by atoms with E-state index in [4.69, 9.17) is 5.73 Å². The van der Waals surface area contributed by atoms with Crippen LogP contribution in [0.4, 0.5) is 11.6 Å². The lowest BCUT2D eigenvalue weighted by Crippen LogP contribution is -2.27. The zero-order chi connectivity index (χ0) is 8.55. The summed E-state index contributed by atoms with van der Waals surface area (Å²) < 4.78 is 0. The Hall–Kier alpha value is -1.19. The van der Waals surface area contributed by atoms with Crippen LogP contribution in [-0.4, -0.2) is 22.6 Å². The topological polar surface area (TPSA) is 57.9 Å². The minimum atomic E-state index is 0.579. The van der Waals surface area contributed by atoms with E-state index in [1.54, 1.807) is 6.33 Å². The predicted octanol–water partition coefficient (Wildman–Crippen LogP) is 0.981. The Morgan fingerprint density at radius 3 is 3.08 bits per heavy atom. The molecule has 1 aromatic rings. The van der Waals surface area contributed by atoms with Gasteiger partial charge in [-0.2, -0.15) is 0 Å². The van der Waals surface area contributed by atoms with Gasteiger partial charge in [-0.3, -0.25) is 0 Å². The summed E-state index contributed by atoms with van der Waals surface area (Å²) in [5.41, 5.74) is 5.72. The van der Waals surface area contributed by atoms with Gasteiger partial charge in [0.2, 0.25) is 0 Å². The van der Waals surface area contributed by atoms with E-state index in [0.717, 1.165) is 12.4 Å². The average molecular weight is 166 g/mol. The van der Waals surface area contributed by atoms with E-state index in [1.165, 1.54) is 12.8 Å². The molecule has 12 heavy (non-hydrogen) atoms. The molecule has 4 heteroatoms. The molecule has 0 saturated carbocycles. The molecular weight excluding hydrogens is 152 g/mol. The molecule has 1 atom stereocenters. The Kier molecular flexibility index (Phi) is 1.67. The molecule has 2 rings (SSSR count). The molecule has 1 aliphatic heterocycles. The van der Waals surface area contributed by atoms with Crippen molar-refractivity contribution in [3.63, 3.8) is 0 Å². The van der Waals surface area contributed by atoms with Crippen LogP contribution in [0.15, 0.2) is 6.33 Å². The lowest BCUT2D eigenvalue weighted by molar-refractivity contribution is 0.729. The maximum absolute atomic E-state index is 5.72. The molecule has 1 unspecified atom stereocenters. The molecule has 0 radical (unpaired) electrons. The van der Waals surface area contributed by atoms with Crippen molar-refractivity contribution in [1.29, 1.82) is 0 Å². The highest BCUT2D eigenvalue weighted by Crippen LogP contribution is 2.26. The van der Waals surface area contributed by atoms with Crippen molar-refractivity contribution in [2.45, 2.75) is 25.8 Å². The Labute approximate surface area is 71.8 Å². The molecule has 0 spiro atoms. The third-order valence-corrected chi connectivity index (χ3v) is 2.47. The monoisotopic (exact) mass is 166 g/mol. The minimum Gasteiger partial charge on any atom is -0.382 e. The second-order valence-electron chi connectivity index (χ2n) is 3.32. The summed E-state index contributed by atoms with van der Waals surface area (Å²) in [6, 6.07) is 0.579. The first-order valence-electron chi connectivity index (χ1n) is 4.34. The van der Waals surface area contributed by atoms with E-state index in [-0.39, 0.29) is 0 Å². The predicted molar refractivity (Wildman–Crippen MR) is 49.0 cm³/mol. The molecule has 0 amide bonds. The molecule has 0 bridgehead atoms. The van der Waals surface area contributed by atoms with E-state index >= 15 is 0 Å². The van der Waals surface area contributed by atoms with Crippen molar-refractivity contribution in [3.05, 3.63) is 6.33 Å². The van der Waals surface area contributed by atoms with Gasteiger partial charge < -0.3 is 15.6 Å². The molecule has 1 saturated heterocycles. The number of nitrogens with two attached hydrogens (primary N) is 1. The Bertz CT molecular complexity index is 268. The number of nitrogens with zero attached hydrogens (tertiary/aromatic N) is 2. The van der Waals surface area contributed by atoms with Crippen LogP contribution in [-0.2, 0) is 0 Å². The first kappa shape index (κ1) is 7.46. The quantitative estimate of drug-likeness (QED) is 0.654. The zero-order valence-corrected chi connectivity index (χ0v) is 7.25. The number of H-pyrrole nitrogens is 1. The van der Waals surface area contributed by atoms with Crippen molar-refractivity contribution >= 4 is 11.6 Å². The molecule has 3 N–H and O–H groups in total. The van der Waals surface area contributed by atoms with Crippen LogP contribution in [0.25, 0.3) is 0 Å². The van der Waals surface area contributed by atoms with E-state index < -0.39 is 0 Å². The van der Waals surface area contributed by atoms with Crippen LogP contribution >= 0.6 is 0 Å². The summed E-state index contributed by atoms with van der Waals surface area (Å²) in [7, 11) is 0.